The van der Waals surface area contributed by atoms with Crippen LogP contribution in [-0.4, -0.2) is 33.2 Å². The van der Waals surface area contributed by atoms with Crippen LogP contribution >= 0.6 is 0 Å². The van der Waals surface area contributed by atoms with Crippen LogP contribution < -0.4 is 20.5 Å². The molecule has 0 spiro atoms. The molecule has 1 N–H and O–H groups in total. The van der Waals surface area contributed by atoms with Crippen LogP contribution in [0, 0.1) is 0 Å². The second kappa shape index (κ2) is 6.55. The maximum atomic E-state index is 12.6. The number of hydrogen-bond donors (Lipinski definition) is 1. The Labute approximate surface area is 149 Å². The van der Waals surface area contributed by atoms with Crippen LogP contribution in [-0.2, 0) is 17.9 Å². The van der Waals surface area contributed by atoms with E-state index in [0.29, 0.717) is 48.1 Å². The number of anilines is 1. The van der Waals surface area contributed by atoms with Crippen LogP contribution in [0.4, 0.5) is 5.69 Å². The number of ether oxygens (including phenoxy) is 2. The van der Waals surface area contributed by atoms with Crippen molar-refractivity contribution >= 4 is 22.8 Å². The van der Waals surface area contributed by atoms with E-state index in [1.165, 1.54) is 4.57 Å². The van der Waals surface area contributed by atoms with Gasteiger partial charge < -0.3 is 14.8 Å². The lowest BCUT2D eigenvalue weighted by Gasteiger charge is -2.19. The summed E-state index contributed by atoms with van der Waals surface area (Å²) in [6, 6.07) is 8.74. The summed E-state index contributed by atoms with van der Waals surface area (Å²) in [4.78, 5) is 29.3. The number of hydrogen-bond acceptors (Lipinski definition) is 5. The number of imidazole rings is 1. The highest BCUT2D eigenvalue weighted by Crippen LogP contribution is 2.32. The molecule has 0 bridgehead atoms. The predicted octanol–water partition coefficient (Wildman–Crippen LogP) is 1.63. The highest BCUT2D eigenvalue weighted by molar-refractivity contribution is 5.91. The maximum Gasteiger partial charge on any atom is 0.330 e. The van der Waals surface area contributed by atoms with Gasteiger partial charge in [-0.3, -0.25) is 13.9 Å². The topological polar surface area (TPSA) is 87.4 Å². The number of benzene rings is 1. The van der Waals surface area contributed by atoms with E-state index in [4.69, 9.17) is 9.47 Å². The van der Waals surface area contributed by atoms with E-state index >= 15 is 0 Å². The summed E-state index contributed by atoms with van der Waals surface area (Å²) in [5, 5.41) is 2.80. The molecular formula is C18H18N4O4. The molecule has 134 valence electrons. The number of amides is 1. The van der Waals surface area contributed by atoms with E-state index in [-0.39, 0.29) is 18.1 Å². The number of nitrogens with zero attached hydrogens (tertiary/aromatic N) is 3. The molecule has 0 saturated heterocycles. The van der Waals surface area contributed by atoms with E-state index in [1.807, 2.05) is 6.92 Å². The zero-order valence-corrected chi connectivity index (χ0v) is 14.3. The summed E-state index contributed by atoms with van der Waals surface area (Å²) in [6.07, 6.45) is 1.63. The standard InChI is InChI=1S/C18H18N4O4/c1-2-21-17-13(4-3-7-19-17)22(18(21)24)11-16(23)20-12-5-6-14-15(10-12)26-9-8-25-14/h3-7,10H,2,8-9,11H2,1H3,(H,20,23). The molecule has 3 aromatic rings. The highest BCUT2D eigenvalue weighted by atomic mass is 16.6. The van der Waals surface area contributed by atoms with Gasteiger partial charge in [0, 0.05) is 24.5 Å². The molecule has 8 heteroatoms. The average Bonchev–Trinajstić information content (AvgIpc) is 2.93. The molecule has 8 nitrogen and oxygen atoms in total. The van der Waals surface area contributed by atoms with Crippen molar-refractivity contribution < 1.29 is 14.3 Å². The summed E-state index contributed by atoms with van der Waals surface area (Å²) < 4.78 is 14.0. The quantitative estimate of drug-likeness (QED) is 0.769. The van der Waals surface area contributed by atoms with Crippen LogP contribution in [0.1, 0.15) is 6.92 Å². The third-order valence-electron chi connectivity index (χ3n) is 4.22. The van der Waals surface area contributed by atoms with Gasteiger partial charge in [0.1, 0.15) is 19.8 Å². The lowest BCUT2D eigenvalue weighted by molar-refractivity contribution is -0.116. The highest BCUT2D eigenvalue weighted by Gasteiger charge is 2.17. The van der Waals surface area contributed by atoms with Crippen molar-refractivity contribution in [2.75, 3.05) is 18.5 Å². The number of carbonyl (C=O) groups excluding carboxylic acids is 1. The number of carbonyl (C=O) groups is 1. The minimum Gasteiger partial charge on any atom is -0.486 e. The van der Waals surface area contributed by atoms with Gasteiger partial charge in [-0.25, -0.2) is 9.78 Å². The molecule has 0 fully saturated rings. The fourth-order valence-corrected chi connectivity index (χ4v) is 3.05. The van der Waals surface area contributed by atoms with Gasteiger partial charge in [-0.05, 0) is 31.2 Å². The van der Waals surface area contributed by atoms with E-state index in [9.17, 15) is 9.59 Å². The Balaban J connectivity index is 1.58. The van der Waals surface area contributed by atoms with Gasteiger partial charge in [0.25, 0.3) is 0 Å². The number of pyridine rings is 1. The molecule has 1 aliphatic rings. The molecule has 3 heterocycles. The van der Waals surface area contributed by atoms with Crippen LogP contribution in [0.15, 0.2) is 41.3 Å². The summed E-state index contributed by atoms with van der Waals surface area (Å²) in [6.45, 7) is 3.25. The molecule has 26 heavy (non-hydrogen) atoms. The van der Waals surface area contributed by atoms with Gasteiger partial charge in [0.05, 0.1) is 5.52 Å². The van der Waals surface area contributed by atoms with Crippen molar-refractivity contribution in [2.24, 2.45) is 0 Å². The second-order valence-electron chi connectivity index (χ2n) is 5.87. The van der Waals surface area contributed by atoms with E-state index in [0.717, 1.165) is 0 Å². The number of nitrogens with one attached hydrogen (secondary N) is 1. The number of fused-ring (bicyclic) bond motifs is 2. The first kappa shape index (κ1) is 16.2. The van der Waals surface area contributed by atoms with Crippen molar-refractivity contribution in [3.63, 3.8) is 0 Å². The Bertz CT molecular complexity index is 1040. The molecule has 1 aromatic carbocycles. The molecule has 0 atom stereocenters. The largest absolute Gasteiger partial charge is 0.486 e. The first-order valence-electron chi connectivity index (χ1n) is 8.41. The molecule has 1 amide bonds. The molecule has 0 unspecified atom stereocenters. The number of rotatable bonds is 4. The third kappa shape index (κ3) is 2.79. The van der Waals surface area contributed by atoms with Crippen molar-refractivity contribution in [3.05, 3.63) is 47.0 Å². The van der Waals surface area contributed by atoms with Crippen molar-refractivity contribution in [1.29, 1.82) is 0 Å². The minimum absolute atomic E-state index is 0.0948. The predicted molar refractivity (Wildman–Crippen MR) is 95.7 cm³/mol. The minimum atomic E-state index is -0.303. The Morgan fingerprint density at radius 1 is 1.19 bits per heavy atom. The van der Waals surface area contributed by atoms with Gasteiger partial charge in [-0.15, -0.1) is 0 Å². The summed E-state index contributed by atoms with van der Waals surface area (Å²) in [7, 11) is 0. The molecule has 4 rings (SSSR count). The molecule has 1 aliphatic heterocycles. The third-order valence-corrected chi connectivity index (χ3v) is 4.22. The van der Waals surface area contributed by atoms with Gasteiger partial charge in [-0.1, -0.05) is 0 Å². The van der Waals surface area contributed by atoms with Crippen molar-refractivity contribution in [1.82, 2.24) is 14.1 Å². The van der Waals surface area contributed by atoms with Gasteiger partial charge in [0.2, 0.25) is 5.91 Å². The lowest BCUT2D eigenvalue weighted by Crippen LogP contribution is -2.29. The van der Waals surface area contributed by atoms with Crippen molar-refractivity contribution in [3.8, 4) is 11.5 Å². The normalized spacial score (nSPS) is 13.0. The van der Waals surface area contributed by atoms with Crippen LogP contribution in [0.25, 0.3) is 11.2 Å². The fraction of sp³-hybridized carbons (Fsp3) is 0.278. The van der Waals surface area contributed by atoms with Crippen molar-refractivity contribution in [2.45, 2.75) is 20.0 Å². The lowest BCUT2D eigenvalue weighted by atomic mass is 10.2. The fourth-order valence-electron chi connectivity index (χ4n) is 3.05. The average molecular weight is 354 g/mol. The molecular weight excluding hydrogens is 336 g/mol. The Hall–Kier alpha value is -3.29. The van der Waals surface area contributed by atoms with Gasteiger partial charge in [-0.2, -0.15) is 0 Å². The molecule has 0 radical (unpaired) electrons. The van der Waals surface area contributed by atoms with E-state index < -0.39 is 0 Å². The molecule has 0 aliphatic carbocycles. The monoisotopic (exact) mass is 354 g/mol. The zero-order chi connectivity index (χ0) is 18.1. The maximum absolute atomic E-state index is 12.6. The smallest absolute Gasteiger partial charge is 0.330 e. The Morgan fingerprint density at radius 3 is 2.81 bits per heavy atom. The van der Waals surface area contributed by atoms with Gasteiger partial charge >= 0.3 is 5.69 Å². The van der Waals surface area contributed by atoms with E-state index in [1.54, 1.807) is 41.1 Å². The molecule has 0 saturated carbocycles. The summed E-state index contributed by atoms with van der Waals surface area (Å²) >= 11 is 0. The first-order valence-corrected chi connectivity index (χ1v) is 8.41. The van der Waals surface area contributed by atoms with Crippen LogP contribution in [0.3, 0.4) is 0 Å². The van der Waals surface area contributed by atoms with Gasteiger partial charge in [0.15, 0.2) is 17.1 Å². The number of aromatic nitrogens is 3. The number of aryl methyl sites for hydroxylation is 1. The summed E-state index contributed by atoms with van der Waals surface area (Å²) in [5.74, 6) is 0.948. The Morgan fingerprint density at radius 2 is 2.00 bits per heavy atom. The molecule has 2 aromatic heterocycles. The Kier molecular flexibility index (Phi) is 4.08. The van der Waals surface area contributed by atoms with Crippen LogP contribution in [0.2, 0.25) is 0 Å². The van der Waals surface area contributed by atoms with E-state index in [2.05, 4.69) is 10.3 Å². The first-order chi connectivity index (χ1) is 12.7. The second-order valence-corrected chi connectivity index (χ2v) is 5.87. The van der Waals surface area contributed by atoms with Crippen LogP contribution in [0.5, 0.6) is 11.5 Å². The SMILES string of the molecule is CCn1c(=O)n(CC(=O)Nc2ccc3c(c2)OCCO3)c2cccnc21. The zero-order valence-electron chi connectivity index (χ0n) is 14.3. The summed E-state index contributed by atoms with van der Waals surface area (Å²) in [5.41, 5.74) is 1.55.